The number of rotatable bonds is 4. The molecule has 2 aliphatic heterocycles. The lowest BCUT2D eigenvalue weighted by molar-refractivity contribution is -0.433. The van der Waals surface area contributed by atoms with E-state index >= 15 is 0 Å². The predicted octanol–water partition coefficient (Wildman–Crippen LogP) is 2.62. The maximum atomic E-state index is 11.4. The fourth-order valence-electron chi connectivity index (χ4n) is 2.96. The van der Waals surface area contributed by atoms with Crippen molar-refractivity contribution in [1.29, 1.82) is 0 Å². The van der Waals surface area contributed by atoms with Gasteiger partial charge < -0.3 is 9.80 Å². The number of hydrogen-bond acceptors (Lipinski definition) is 6. The van der Waals surface area contributed by atoms with Gasteiger partial charge in [-0.3, -0.25) is 15.0 Å². The number of likely N-dealkylation sites (N-methyl/N-ethyl adjacent to an activating group) is 1. The molecule has 0 unspecified atom stereocenters. The molecule has 7 nitrogen and oxygen atoms in total. The van der Waals surface area contributed by atoms with Crippen LogP contribution in [0.1, 0.15) is 26.3 Å². The fraction of sp³-hybridized carbons (Fsp3) is 0.562. The summed E-state index contributed by atoms with van der Waals surface area (Å²) in [5.74, 6) is 0.754. The Hall–Kier alpha value is -1.86. The van der Waals surface area contributed by atoms with E-state index in [-0.39, 0.29) is 10.6 Å². The first-order chi connectivity index (χ1) is 11.6. The maximum absolute atomic E-state index is 11.4. The van der Waals surface area contributed by atoms with Crippen molar-refractivity contribution >= 4 is 11.6 Å². The molecule has 1 aromatic rings. The maximum Gasteiger partial charge on any atom is 0.300 e. The second-order valence-electron chi connectivity index (χ2n) is 5.49. The number of hydrogen-bond donors (Lipinski definition) is 0. The van der Waals surface area contributed by atoms with E-state index in [2.05, 4.69) is 19.7 Å². The number of aromatic nitrogens is 1. The van der Waals surface area contributed by atoms with Crippen molar-refractivity contribution in [2.75, 3.05) is 32.8 Å². The average Bonchev–Trinajstić information content (AvgIpc) is 3.00. The Balaban J connectivity index is 0.00000100. The first-order valence-corrected chi connectivity index (χ1v) is 8.66. The van der Waals surface area contributed by atoms with Gasteiger partial charge in [0.2, 0.25) is 0 Å². The van der Waals surface area contributed by atoms with E-state index in [9.17, 15) is 10.1 Å². The molecule has 2 aliphatic rings. The average molecular weight is 354 g/mol. The third-order valence-electron chi connectivity index (χ3n) is 4.07. The second-order valence-corrected chi connectivity index (χ2v) is 5.88. The zero-order chi connectivity index (χ0) is 17.7. The molecule has 3 rings (SSSR count). The highest BCUT2D eigenvalue weighted by atomic mass is 35.5. The van der Waals surface area contributed by atoms with Crippen LogP contribution in [0.3, 0.4) is 0 Å². The van der Waals surface area contributed by atoms with Crippen molar-refractivity contribution in [2.24, 2.45) is 0 Å². The molecule has 0 radical (unpaired) electrons. The molecule has 1 fully saturated rings. The molecule has 3 heterocycles. The van der Waals surface area contributed by atoms with Crippen LogP contribution in [0.2, 0.25) is 5.15 Å². The van der Waals surface area contributed by atoms with E-state index in [0.717, 1.165) is 37.7 Å². The SMILES string of the molecule is CC.CCN1CC([N+](=O)[O-])=C2N(Cc3ccc(Cl)nc3)CCN2C1. The van der Waals surface area contributed by atoms with Crippen LogP contribution in [-0.2, 0) is 6.54 Å². The minimum Gasteiger partial charge on any atom is -0.347 e. The van der Waals surface area contributed by atoms with Gasteiger partial charge in [-0.2, -0.15) is 0 Å². The predicted molar refractivity (Wildman–Crippen MR) is 93.8 cm³/mol. The van der Waals surface area contributed by atoms with Crippen LogP contribution in [0.4, 0.5) is 0 Å². The van der Waals surface area contributed by atoms with Crippen LogP contribution in [0.25, 0.3) is 0 Å². The van der Waals surface area contributed by atoms with Gasteiger partial charge >= 0.3 is 0 Å². The minimum absolute atomic E-state index is 0.247. The quantitative estimate of drug-likeness (QED) is 0.471. The molecule has 1 aromatic heterocycles. The van der Waals surface area contributed by atoms with E-state index in [1.165, 1.54) is 0 Å². The summed E-state index contributed by atoms with van der Waals surface area (Å²) in [5, 5.41) is 11.9. The Kier molecular flexibility index (Phi) is 6.39. The number of pyridine rings is 1. The van der Waals surface area contributed by atoms with E-state index in [1.54, 1.807) is 12.3 Å². The first-order valence-electron chi connectivity index (χ1n) is 8.28. The Morgan fingerprint density at radius 3 is 2.67 bits per heavy atom. The van der Waals surface area contributed by atoms with Crippen LogP contribution >= 0.6 is 11.6 Å². The number of halogens is 1. The molecule has 24 heavy (non-hydrogen) atoms. The first kappa shape index (κ1) is 18.5. The lowest BCUT2D eigenvalue weighted by Gasteiger charge is -2.34. The number of nitro groups is 1. The zero-order valence-electron chi connectivity index (χ0n) is 14.4. The minimum atomic E-state index is -0.247. The highest BCUT2D eigenvalue weighted by Gasteiger charge is 2.38. The summed E-state index contributed by atoms with van der Waals surface area (Å²) in [6, 6.07) is 3.65. The van der Waals surface area contributed by atoms with Gasteiger partial charge in [0.15, 0.2) is 5.82 Å². The summed E-state index contributed by atoms with van der Waals surface area (Å²) in [6.45, 7) is 10.2. The Morgan fingerprint density at radius 2 is 2.08 bits per heavy atom. The van der Waals surface area contributed by atoms with E-state index in [1.807, 2.05) is 26.8 Å². The standard InChI is InChI=1S/C14H18ClN5O2.C2H6/c1-2-17-9-12(20(21)22)14-18(5-6-19(14)10-17)8-11-3-4-13(15)16-7-11;1-2/h3-4,7H,2,5-6,8-10H2,1H3;1-2H3. The van der Waals surface area contributed by atoms with Gasteiger partial charge in [0.25, 0.3) is 5.70 Å². The van der Waals surface area contributed by atoms with Crippen LogP contribution < -0.4 is 0 Å². The van der Waals surface area contributed by atoms with Gasteiger partial charge in [-0.05, 0) is 18.2 Å². The Labute approximate surface area is 147 Å². The van der Waals surface area contributed by atoms with Crippen molar-refractivity contribution in [3.05, 3.63) is 50.7 Å². The molecule has 0 saturated carbocycles. The lowest BCUT2D eigenvalue weighted by Crippen LogP contribution is -2.44. The number of fused-ring (bicyclic) bond motifs is 1. The summed E-state index contributed by atoms with van der Waals surface area (Å²) < 4.78 is 0. The van der Waals surface area contributed by atoms with Crippen LogP contribution in [0.15, 0.2) is 29.8 Å². The molecule has 0 aliphatic carbocycles. The molecule has 1 saturated heterocycles. The highest BCUT2D eigenvalue weighted by Crippen LogP contribution is 2.28. The van der Waals surface area contributed by atoms with Crippen LogP contribution in [0.5, 0.6) is 0 Å². The topological polar surface area (TPSA) is 65.8 Å². The van der Waals surface area contributed by atoms with Crippen molar-refractivity contribution in [3.63, 3.8) is 0 Å². The van der Waals surface area contributed by atoms with Crippen LogP contribution in [0, 0.1) is 10.1 Å². The second kappa shape index (κ2) is 8.30. The van der Waals surface area contributed by atoms with Gasteiger partial charge in [-0.1, -0.05) is 38.4 Å². The molecule has 0 N–H and O–H groups in total. The third-order valence-corrected chi connectivity index (χ3v) is 4.29. The lowest BCUT2D eigenvalue weighted by atomic mass is 10.2. The molecule has 0 bridgehead atoms. The normalized spacial score (nSPS) is 17.5. The van der Waals surface area contributed by atoms with E-state index in [0.29, 0.717) is 18.2 Å². The summed E-state index contributed by atoms with van der Waals surface area (Å²) in [6.07, 6.45) is 1.72. The molecule has 0 atom stereocenters. The van der Waals surface area contributed by atoms with Crippen LogP contribution in [-0.4, -0.2) is 57.5 Å². The van der Waals surface area contributed by atoms with E-state index in [4.69, 9.17) is 11.6 Å². The third kappa shape index (κ3) is 3.96. The van der Waals surface area contributed by atoms with Gasteiger partial charge in [0, 0.05) is 25.8 Å². The smallest absolute Gasteiger partial charge is 0.300 e. The molecule has 0 aromatic carbocycles. The van der Waals surface area contributed by atoms with Crippen molar-refractivity contribution in [2.45, 2.75) is 27.3 Å². The van der Waals surface area contributed by atoms with Gasteiger partial charge in [0.05, 0.1) is 18.1 Å². The molecule has 0 amide bonds. The number of nitrogens with zero attached hydrogens (tertiary/aromatic N) is 5. The molecular weight excluding hydrogens is 330 g/mol. The van der Waals surface area contributed by atoms with E-state index < -0.39 is 0 Å². The molecule has 132 valence electrons. The molecule has 8 heteroatoms. The zero-order valence-corrected chi connectivity index (χ0v) is 15.2. The van der Waals surface area contributed by atoms with Crippen molar-refractivity contribution < 1.29 is 4.92 Å². The molecular formula is C16H24ClN5O2. The Bertz CT molecular complexity index is 605. The summed E-state index contributed by atoms with van der Waals surface area (Å²) >= 11 is 5.80. The summed E-state index contributed by atoms with van der Waals surface area (Å²) in [4.78, 5) is 21.5. The molecule has 0 spiro atoms. The largest absolute Gasteiger partial charge is 0.347 e. The summed E-state index contributed by atoms with van der Waals surface area (Å²) in [5.41, 5.74) is 1.28. The van der Waals surface area contributed by atoms with Crippen molar-refractivity contribution in [1.82, 2.24) is 19.7 Å². The van der Waals surface area contributed by atoms with Gasteiger partial charge in [-0.25, -0.2) is 4.98 Å². The van der Waals surface area contributed by atoms with Gasteiger partial charge in [0.1, 0.15) is 5.15 Å². The van der Waals surface area contributed by atoms with Crippen molar-refractivity contribution in [3.8, 4) is 0 Å². The highest BCUT2D eigenvalue weighted by molar-refractivity contribution is 6.29. The summed E-state index contributed by atoms with van der Waals surface area (Å²) in [7, 11) is 0. The fourth-order valence-corrected chi connectivity index (χ4v) is 3.07. The van der Waals surface area contributed by atoms with Gasteiger partial charge in [-0.15, -0.1) is 0 Å². The monoisotopic (exact) mass is 353 g/mol. The Morgan fingerprint density at radius 1 is 1.33 bits per heavy atom.